The zero-order valence-corrected chi connectivity index (χ0v) is 10.2. The fourth-order valence-electron chi connectivity index (χ4n) is 1.90. The Morgan fingerprint density at radius 2 is 1.05 bits per heavy atom. The third kappa shape index (κ3) is 3.15. The normalized spacial score (nSPS) is 14.1. The molecule has 3 N–H and O–H groups in total. The van der Waals surface area contributed by atoms with E-state index in [1.807, 2.05) is 0 Å². The van der Waals surface area contributed by atoms with Gasteiger partial charge in [-0.25, -0.2) is 17.6 Å². The molecule has 0 radical (unpaired) electrons. The van der Waals surface area contributed by atoms with Gasteiger partial charge in [0.05, 0.1) is 12.1 Å². The fourth-order valence-corrected chi connectivity index (χ4v) is 1.90. The second-order valence-corrected chi connectivity index (χ2v) is 4.38. The van der Waals surface area contributed by atoms with Gasteiger partial charge in [0, 0.05) is 12.1 Å². The molecule has 0 unspecified atom stereocenters. The Morgan fingerprint density at radius 1 is 0.700 bits per heavy atom. The Bertz CT molecular complexity index is 537. The summed E-state index contributed by atoms with van der Waals surface area (Å²) in [6.45, 7) is 0. The van der Waals surface area contributed by atoms with Gasteiger partial charge in [-0.15, -0.1) is 0 Å². The number of hydrogen-bond donors (Lipinski definition) is 2. The van der Waals surface area contributed by atoms with Crippen molar-refractivity contribution in [3.63, 3.8) is 0 Å². The second kappa shape index (κ2) is 5.60. The minimum Gasteiger partial charge on any atom is -0.386 e. The first kappa shape index (κ1) is 14.5. The average Bonchev–Trinajstić information content (AvgIpc) is 2.34. The number of nitrogens with two attached hydrogens (primary N) is 1. The Hall–Kier alpha value is -1.92. The highest BCUT2D eigenvalue weighted by molar-refractivity contribution is 5.27. The van der Waals surface area contributed by atoms with Crippen molar-refractivity contribution in [1.82, 2.24) is 0 Å². The summed E-state index contributed by atoms with van der Waals surface area (Å²) in [6.07, 6.45) is -1.50. The van der Waals surface area contributed by atoms with Crippen molar-refractivity contribution in [2.75, 3.05) is 0 Å². The summed E-state index contributed by atoms with van der Waals surface area (Å²) in [5.41, 5.74) is 5.55. The lowest BCUT2D eigenvalue weighted by Crippen LogP contribution is -2.20. The number of hydrogen-bond acceptors (Lipinski definition) is 2. The zero-order chi connectivity index (χ0) is 14.9. The fraction of sp³-hybridized carbons (Fsp3) is 0.143. The van der Waals surface area contributed by atoms with Crippen LogP contribution in [0.1, 0.15) is 23.3 Å². The first-order valence-corrected chi connectivity index (χ1v) is 5.72. The minimum absolute atomic E-state index is 0.0142. The van der Waals surface area contributed by atoms with Gasteiger partial charge >= 0.3 is 0 Å². The van der Waals surface area contributed by atoms with Crippen molar-refractivity contribution in [2.24, 2.45) is 5.73 Å². The lowest BCUT2D eigenvalue weighted by atomic mass is 9.96. The smallest absolute Gasteiger partial charge is 0.126 e. The molecular weight excluding hydrogens is 274 g/mol. The van der Waals surface area contributed by atoms with Crippen LogP contribution >= 0.6 is 0 Å². The molecule has 0 bridgehead atoms. The van der Waals surface area contributed by atoms with Crippen molar-refractivity contribution in [2.45, 2.75) is 12.1 Å². The van der Waals surface area contributed by atoms with Gasteiger partial charge in [0.2, 0.25) is 0 Å². The number of benzene rings is 2. The summed E-state index contributed by atoms with van der Waals surface area (Å²) >= 11 is 0. The first-order chi connectivity index (χ1) is 9.36. The van der Waals surface area contributed by atoms with E-state index in [4.69, 9.17) is 5.73 Å². The summed E-state index contributed by atoms with van der Waals surface area (Å²) in [7, 11) is 0. The molecule has 0 heterocycles. The van der Waals surface area contributed by atoms with Crippen LogP contribution in [-0.2, 0) is 0 Å². The van der Waals surface area contributed by atoms with Crippen molar-refractivity contribution in [3.8, 4) is 0 Å². The standard InChI is InChI=1S/C14H11F4NO/c15-9-1-7(2-10(16)5-9)13(19)14(20)8-3-11(17)6-12(18)4-8/h1-6,13-14,20H,19H2/t13-,14+/m0/s1. The van der Waals surface area contributed by atoms with Crippen molar-refractivity contribution >= 4 is 0 Å². The molecule has 2 atom stereocenters. The summed E-state index contributed by atoms with van der Waals surface area (Å²) in [5, 5.41) is 9.97. The van der Waals surface area contributed by atoms with Crippen LogP contribution in [0.5, 0.6) is 0 Å². The van der Waals surface area contributed by atoms with Crippen LogP contribution in [0, 0.1) is 23.3 Å². The molecule has 0 fully saturated rings. The molecule has 0 aromatic heterocycles. The van der Waals surface area contributed by atoms with Crippen LogP contribution in [0.3, 0.4) is 0 Å². The van der Waals surface area contributed by atoms with E-state index in [2.05, 4.69) is 0 Å². The van der Waals surface area contributed by atoms with E-state index in [0.717, 1.165) is 24.3 Å². The molecule has 0 saturated carbocycles. The molecule has 2 aromatic rings. The molecule has 0 aliphatic heterocycles. The molecule has 0 amide bonds. The van der Waals surface area contributed by atoms with Gasteiger partial charge in [-0.05, 0) is 35.4 Å². The topological polar surface area (TPSA) is 46.2 Å². The highest BCUT2D eigenvalue weighted by Gasteiger charge is 2.21. The lowest BCUT2D eigenvalue weighted by molar-refractivity contribution is 0.146. The number of aliphatic hydroxyl groups excluding tert-OH is 1. The monoisotopic (exact) mass is 285 g/mol. The summed E-state index contributed by atoms with van der Waals surface area (Å²) in [4.78, 5) is 0. The van der Waals surface area contributed by atoms with Crippen LogP contribution in [0.4, 0.5) is 17.6 Å². The van der Waals surface area contributed by atoms with Gasteiger partial charge in [0.15, 0.2) is 0 Å². The van der Waals surface area contributed by atoms with Crippen LogP contribution in [0.25, 0.3) is 0 Å². The SMILES string of the molecule is N[C@@H](c1cc(F)cc(F)c1)[C@H](O)c1cc(F)cc(F)c1. The molecular formula is C14H11F4NO. The molecule has 2 nitrogen and oxygen atoms in total. The maximum Gasteiger partial charge on any atom is 0.126 e. The van der Waals surface area contributed by atoms with Crippen molar-refractivity contribution < 1.29 is 22.7 Å². The summed E-state index contributed by atoms with van der Waals surface area (Å²) in [5.74, 6) is -3.46. The summed E-state index contributed by atoms with van der Waals surface area (Å²) in [6, 6.07) is 3.79. The Morgan fingerprint density at radius 3 is 1.45 bits per heavy atom. The predicted octanol–water partition coefficient (Wildman–Crippen LogP) is 2.98. The molecule has 106 valence electrons. The Kier molecular flexibility index (Phi) is 4.06. The van der Waals surface area contributed by atoms with Crippen LogP contribution in [-0.4, -0.2) is 5.11 Å². The van der Waals surface area contributed by atoms with Gasteiger partial charge in [0.1, 0.15) is 23.3 Å². The Labute approximate surface area is 112 Å². The van der Waals surface area contributed by atoms with Gasteiger partial charge < -0.3 is 10.8 Å². The van der Waals surface area contributed by atoms with Crippen molar-refractivity contribution in [3.05, 3.63) is 70.8 Å². The molecule has 6 heteroatoms. The van der Waals surface area contributed by atoms with Gasteiger partial charge in [-0.2, -0.15) is 0 Å². The molecule has 0 aliphatic carbocycles. The van der Waals surface area contributed by atoms with E-state index in [0.29, 0.717) is 12.1 Å². The Balaban J connectivity index is 2.34. The van der Waals surface area contributed by atoms with E-state index in [9.17, 15) is 22.7 Å². The largest absolute Gasteiger partial charge is 0.386 e. The lowest BCUT2D eigenvalue weighted by Gasteiger charge is -2.20. The predicted molar refractivity (Wildman–Crippen MR) is 64.6 cm³/mol. The molecule has 20 heavy (non-hydrogen) atoms. The minimum atomic E-state index is -1.50. The molecule has 2 aromatic carbocycles. The van der Waals surface area contributed by atoms with E-state index in [1.54, 1.807) is 0 Å². The number of halogens is 4. The van der Waals surface area contributed by atoms with Gasteiger partial charge in [-0.1, -0.05) is 0 Å². The van der Waals surface area contributed by atoms with E-state index in [-0.39, 0.29) is 11.1 Å². The van der Waals surface area contributed by atoms with Crippen molar-refractivity contribution in [1.29, 1.82) is 0 Å². The van der Waals surface area contributed by atoms with Crippen LogP contribution in [0.15, 0.2) is 36.4 Å². The summed E-state index contributed by atoms with van der Waals surface area (Å²) < 4.78 is 52.3. The molecule has 0 spiro atoms. The third-order valence-electron chi connectivity index (χ3n) is 2.84. The van der Waals surface area contributed by atoms with E-state index >= 15 is 0 Å². The maximum absolute atomic E-state index is 13.1. The third-order valence-corrected chi connectivity index (χ3v) is 2.84. The van der Waals surface area contributed by atoms with E-state index < -0.39 is 35.4 Å². The quantitative estimate of drug-likeness (QED) is 0.852. The first-order valence-electron chi connectivity index (χ1n) is 5.72. The maximum atomic E-state index is 13.1. The number of aliphatic hydroxyl groups is 1. The van der Waals surface area contributed by atoms with Gasteiger partial charge in [0.25, 0.3) is 0 Å². The second-order valence-electron chi connectivity index (χ2n) is 4.38. The highest BCUT2D eigenvalue weighted by Crippen LogP contribution is 2.28. The number of rotatable bonds is 3. The van der Waals surface area contributed by atoms with Crippen LogP contribution in [0.2, 0.25) is 0 Å². The zero-order valence-electron chi connectivity index (χ0n) is 10.2. The average molecular weight is 285 g/mol. The van der Waals surface area contributed by atoms with E-state index in [1.165, 1.54) is 0 Å². The van der Waals surface area contributed by atoms with Gasteiger partial charge in [-0.3, -0.25) is 0 Å². The van der Waals surface area contributed by atoms with Crippen LogP contribution < -0.4 is 5.73 Å². The molecule has 0 aliphatic rings. The molecule has 2 rings (SSSR count). The highest BCUT2D eigenvalue weighted by atomic mass is 19.1. The molecule has 0 saturated heterocycles.